The number of rotatable bonds is 5. The maximum absolute atomic E-state index is 11.6. The lowest BCUT2D eigenvalue weighted by Crippen LogP contribution is -2.28. The van der Waals surface area contributed by atoms with Crippen molar-refractivity contribution in [2.75, 3.05) is 11.9 Å². The van der Waals surface area contributed by atoms with Crippen molar-refractivity contribution < 1.29 is 4.79 Å². The van der Waals surface area contributed by atoms with Gasteiger partial charge in [0.25, 0.3) is 0 Å². The number of hydrogen-bond acceptors (Lipinski definition) is 4. The molecule has 94 valence electrons. The second-order valence-electron chi connectivity index (χ2n) is 3.85. The van der Waals surface area contributed by atoms with Crippen LogP contribution < -0.4 is 10.6 Å². The fraction of sp³-hybridized carbons (Fsp3) is 0.250. The lowest BCUT2D eigenvalue weighted by molar-refractivity contribution is -0.115. The van der Waals surface area contributed by atoms with Crippen LogP contribution in [-0.2, 0) is 18.4 Å². The number of anilines is 1. The summed E-state index contributed by atoms with van der Waals surface area (Å²) in [6, 6.07) is 9.35. The average molecular weight is 245 g/mol. The molecule has 6 heteroatoms. The highest BCUT2D eigenvalue weighted by Crippen LogP contribution is 2.03. The van der Waals surface area contributed by atoms with E-state index in [1.165, 1.54) is 0 Å². The van der Waals surface area contributed by atoms with Gasteiger partial charge in [-0.05, 0) is 12.1 Å². The highest BCUT2D eigenvalue weighted by Gasteiger charge is 2.03. The summed E-state index contributed by atoms with van der Waals surface area (Å²) in [5, 5.41) is 9.87. The van der Waals surface area contributed by atoms with Crippen LogP contribution in [0.1, 0.15) is 5.82 Å². The Morgan fingerprint density at radius 1 is 1.33 bits per heavy atom. The largest absolute Gasteiger partial charge is 0.325 e. The van der Waals surface area contributed by atoms with Gasteiger partial charge in [-0.25, -0.2) is 4.98 Å². The first-order chi connectivity index (χ1) is 8.74. The van der Waals surface area contributed by atoms with Crippen molar-refractivity contribution in [3.63, 3.8) is 0 Å². The molecule has 0 aliphatic carbocycles. The molecule has 0 saturated heterocycles. The van der Waals surface area contributed by atoms with Crippen LogP contribution in [0.2, 0.25) is 0 Å². The van der Waals surface area contributed by atoms with E-state index in [0.29, 0.717) is 12.4 Å². The quantitative estimate of drug-likeness (QED) is 0.806. The molecular weight excluding hydrogens is 230 g/mol. The Balaban J connectivity index is 1.72. The molecule has 1 amide bonds. The van der Waals surface area contributed by atoms with Crippen molar-refractivity contribution in [1.29, 1.82) is 0 Å². The Labute approximate surface area is 105 Å². The molecule has 2 rings (SSSR count). The third kappa shape index (κ3) is 3.67. The Hall–Kier alpha value is -2.21. The van der Waals surface area contributed by atoms with Gasteiger partial charge in [0, 0.05) is 12.7 Å². The molecule has 0 radical (unpaired) electrons. The summed E-state index contributed by atoms with van der Waals surface area (Å²) < 4.78 is 1.63. The molecule has 0 unspecified atom stereocenters. The van der Waals surface area contributed by atoms with Gasteiger partial charge >= 0.3 is 0 Å². The first-order valence-electron chi connectivity index (χ1n) is 5.64. The van der Waals surface area contributed by atoms with Gasteiger partial charge in [-0.3, -0.25) is 9.48 Å². The lowest BCUT2D eigenvalue weighted by atomic mass is 10.3. The van der Waals surface area contributed by atoms with Crippen molar-refractivity contribution in [2.45, 2.75) is 6.54 Å². The molecule has 2 aromatic rings. The van der Waals surface area contributed by atoms with Crippen LogP contribution in [0.5, 0.6) is 0 Å². The third-order valence-electron chi connectivity index (χ3n) is 2.27. The molecule has 0 saturated carbocycles. The number of aryl methyl sites for hydroxylation is 1. The topological polar surface area (TPSA) is 71.8 Å². The molecular formula is C12H15N5O. The molecule has 0 aliphatic heterocycles. The summed E-state index contributed by atoms with van der Waals surface area (Å²) in [7, 11) is 1.80. The van der Waals surface area contributed by atoms with Gasteiger partial charge in [-0.1, -0.05) is 18.2 Å². The second-order valence-corrected chi connectivity index (χ2v) is 3.85. The fourth-order valence-electron chi connectivity index (χ4n) is 1.48. The summed E-state index contributed by atoms with van der Waals surface area (Å²) >= 11 is 0. The van der Waals surface area contributed by atoms with Crippen molar-refractivity contribution in [3.8, 4) is 0 Å². The molecule has 1 aromatic heterocycles. The van der Waals surface area contributed by atoms with E-state index >= 15 is 0 Å². The molecule has 0 aliphatic rings. The normalized spacial score (nSPS) is 10.3. The predicted molar refractivity (Wildman–Crippen MR) is 67.8 cm³/mol. The number of para-hydroxylation sites is 1. The summed E-state index contributed by atoms with van der Waals surface area (Å²) in [6.07, 6.45) is 1.63. The zero-order valence-corrected chi connectivity index (χ0v) is 10.1. The molecule has 0 spiro atoms. The van der Waals surface area contributed by atoms with E-state index < -0.39 is 0 Å². The Bertz CT molecular complexity index is 508. The molecule has 18 heavy (non-hydrogen) atoms. The summed E-state index contributed by atoms with van der Waals surface area (Å²) in [5.41, 5.74) is 0.792. The average Bonchev–Trinajstić information content (AvgIpc) is 2.76. The maximum atomic E-state index is 11.6. The molecule has 0 atom stereocenters. The van der Waals surface area contributed by atoms with Crippen LogP contribution in [0.15, 0.2) is 36.7 Å². The Morgan fingerprint density at radius 3 is 2.78 bits per heavy atom. The first kappa shape index (κ1) is 12.3. The van der Waals surface area contributed by atoms with Gasteiger partial charge in [-0.15, -0.1) is 0 Å². The lowest BCUT2D eigenvalue weighted by Gasteiger charge is -2.05. The van der Waals surface area contributed by atoms with Gasteiger partial charge in [0.05, 0.1) is 13.1 Å². The van der Waals surface area contributed by atoms with E-state index in [4.69, 9.17) is 0 Å². The van der Waals surface area contributed by atoms with Crippen molar-refractivity contribution in [3.05, 3.63) is 42.5 Å². The van der Waals surface area contributed by atoms with Gasteiger partial charge in [0.15, 0.2) is 5.82 Å². The SMILES string of the molecule is Cn1cnc(CNCC(=O)Nc2ccccc2)n1. The predicted octanol–water partition coefficient (Wildman–Crippen LogP) is 0.543. The van der Waals surface area contributed by atoms with E-state index in [9.17, 15) is 4.79 Å². The van der Waals surface area contributed by atoms with E-state index in [2.05, 4.69) is 20.7 Å². The fourth-order valence-corrected chi connectivity index (χ4v) is 1.48. The minimum Gasteiger partial charge on any atom is -0.325 e. The number of benzene rings is 1. The van der Waals surface area contributed by atoms with Crippen molar-refractivity contribution >= 4 is 11.6 Å². The van der Waals surface area contributed by atoms with Crippen molar-refractivity contribution in [1.82, 2.24) is 20.1 Å². The van der Waals surface area contributed by atoms with Gasteiger partial charge in [0.2, 0.25) is 5.91 Å². The number of aromatic nitrogens is 3. The molecule has 6 nitrogen and oxygen atoms in total. The zero-order chi connectivity index (χ0) is 12.8. The van der Waals surface area contributed by atoms with Crippen LogP contribution in [0.25, 0.3) is 0 Å². The number of carbonyl (C=O) groups excluding carboxylic acids is 1. The molecule has 1 aromatic carbocycles. The highest BCUT2D eigenvalue weighted by atomic mass is 16.1. The molecule has 2 N–H and O–H groups in total. The minimum atomic E-state index is -0.0860. The number of nitrogens with one attached hydrogen (secondary N) is 2. The van der Waals surface area contributed by atoms with E-state index in [-0.39, 0.29) is 12.5 Å². The van der Waals surface area contributed by atoms with Crippen molar-refractivity contribution in [2.24, 2.45) is 7.05 Å². The third-order valence-corrected chi connectivity index (χ3v) is 2.27. The second kappa shape index (κ2) is 5.92. The van der Waals surface area contributed by atoms with Crippen LogP contribution >= 0.6 is 0 Å². The number of amides is 1. The highest BCUT2D eigenvalue weighted by molar-refractivity contribution is 5.92. The summed E-state index contributed by atoms with van der Waals surface area (Å²) in [5.74, 6) is 0.585. The standard InChI is InChI=1S/C12H15N5O/c1-17-9-14-11(16-17)7-13-8-12(18)15-10-5-3-2-4-6-10/h2-6,9,13H,7-8H2,1H3,(H,15,18). The Kier molecular flexibility index (Phi) is 4.03. The first-order valence-corrected chi connectivity index (χ1v) is 5.64. The number of hydrogen-bond donors (Lipinski definition) is 2. The van der Waals surface area contributed by atoms with E-state index in [0.717, 1.165) is 5.69 Å². The Morgan fingerprint density at radius 2 is 2.11 bits per heavy atom. The van der Waals surface area contributed by atoms with E-state index in [1.54, 1.807) is 18.1 Å². The van der Waals surface area contributed by atoms with Crippen LogP contribution in [-0.4, -0.2) is 27.2 Å². The van der Waals surface area contributed by atoms with Gasteiger partial charge in [-0.2, -0.15) is 5.10 Å². The molecule has 1 heterocycles. The number of nitrogens with zero attached hydrogens (tertiary/aromatic N) is 3. The maximum Gasteiger partial charge on any atom is 0.238 e. The smallest absolute Gasteiger partial charge is 0.238 e. The van der Waals surface area contributed by atoms with Crippen LogP contribution in [0.4, 0.5) is 5.69 Å². The monoisotopic (exact) mass is 245 g/mol. The van der Waals surface area contributed by atoms with Crippen LogP contribution in [0.3, 0.4) is 0 Å². The molecule has 0 fully saturated rings. The van der Waals surface area contributed by atoms with Gasteiger partial charge in [0.1, 0.15) is 6.33 Å². The summed E-state index contributed by atoms with van der Waals surface area (Å²) in [4.78, 5) is 15.6. The van der Waals surface area contributed by atoms with Crippen LogP contribution in [0, 0.1) is 0 Å². The summed E-state index contributed by atoms with van der Waals surface area (Å²) in [6.45, 7) is 0.705. The van der Waals surface area contributed by atoms with E-state index in [1.807, 2.05) is 30.3 Å². The minimum absolute atomic E-state index is 0.0860. The zero-order valence-electron chi connectivity index (χ0n) is 10.1. The molecule has 0 bridgehead atoms. The van der Waals surface area contributed by atoms with Gasteiger partial charge < -0.3 is 10.6 Å². The number of carbonyl (C=O) groups is 1.